The Balaban J connectivity index is 0.000000199. The number of aryl methyl sites for hydroxylation is 1. The molecule has 0 amide bonds. The van der Waals surface area contributed by atoms with Crippen molar-refractivity contribution in [1.29, 1.82) is 0 Å². The van der Waals surface area contributed by atoms with Crippen LogP contribution in [0.5, 0.6) is 0 Å². The van der Waals surface area contributed by atoms with E-state index in [0.29, 0.717) is 0 Å². The molecule has 1 fully saturated rings. The monoisotopic (exact) mass is 267 g/mol. The lowest BCUT2D eigenvalue weighted by atomic mass is 10.2. The van der Waals surface area contributed by atoms with E-state index in [4.69, 9.17) is 5.11 Å². The van der Waals surface area contributed by atoms with Gasteiger partial charge in [-0.15, -0.1) is 0 Å². The molecule has 1 aliphatic carbocycles. The number of carbonyl (C=O) groups is 1. The molecule has 100 valence electrons. The number of benzene rings is 1. The molecule has 0 bridgehead atoms. The fraction of sp³-hybridized carbons (Fsp3) is 0.500. The lowest BCUT2D eigenvalue weighted by Gasteiger charge is -2.07. The standard InChI is InChI=1S/C9H13NS.C5H8O2/c1-8-4-6-9(7-5-8)11-10(2)3;1-5(2-3-5)4(6)7/h4-7H,1-3H3;2-3H2,1H3,(H,6,7). The molecule has 18 heavy (non-hydrogen) atoms. The molecule has 3 nitrogen and oxygen atoms in total. The van der Waals surface area contributed by atoms with Gasteiger partial charge < -0.3 is 5.11 Å². The van der Waals surface area contributed by atoms with E-state index in [0.717, 1.165) is 12.8 Å². The fourth-order valence-corrected chi connectivity index (χ4v) is 1.89. The van der Waals surface area contributed by atoms with Crippen molar-refractivity contribution < 1.29 is 9.90 Å². The van der Waals surface area contributed by atoms with Crippen molar-refractivity contribution in [2.45, 2.75) is 31.6 Å². The Morgan fingerprint density at radius 3 is 2.06 bits per heavy atom. The molecule has 0 heterocycles. The van der Waals surface area contributed by atoms with Crippen LogP contribution in [-0.4, -0.2) is 29.5 Å². The molecule has 0 radical (unpaired) electrons. The Morgan fingerprint density at radius 2 is 1.78 bits per heavy atom. The van der Waals surface area contributed by atoms with E-state index in [1.807, 2.05) is 14.1 Å². The number of carboxylic acid groups (broad SMARTS) is 1. The average Bonchev–Trinajstić information content (AvgIpc) is 3.02. The molecule has 1 aromatic carbocycles. The molecule has 0 saturated heterocycles. The summed E-state index contributed by atoms with van der Waals surface area (Å²) in [5.74, 6) is -0.646. The summed E-state index contributed by atoms with van der Waals surface area (Å²) >= 11 is 1.74. The topological polar surface area (TPSA) is 40.5 Å². The first-order chi connectivity index (χ1) is 8.33. The maximum atomic E-state index is 10.1. The van der Waals surface area contributed by atoms with Gasteiger partial charge in [-0.1, -0.05) is 17.7 Å². The highest BCUT2D eigenvalue weighted by atomic mass is 32.2. The molecule has 1 saturated carbocycles. The highest BCUT2D eigenvalue weighted by Crippen LogP contribution is 2.44. The van der Waals surface area contributed by atoms with Crippen molar-refractivity contribution in [3.63, 3.8) is 0 Å². The van der Waals surface area contributed by atoms with Crippen LogP contribution in [0.4, 0.5) is 0 Å². The molecule has 0 spiro atoms. The molecular weight excluding hydrogens is 246 g/mol. The molecule has 1 aliphatic rings. The van der Waals surface area contributed by atoms with Gasteiger partial charge in [-0.25, -0.2) is 0 Å². The second-order valence-corrected chi connectivity index (χ2v) is 6.47. The van der Waals surface area contributed by atoms with E-state index >= 15 is 0 Å². The molecule has 2 rings (SSSR count). The van der Waals surface area contributed by atoms with Crippen molar-refractivity contribution in [1.82, 2.24) is 4.31 Å². The van der Waals surface area contributed by atoms with E-state index in [9.17, 15) is 4.79 Å². The fourth-order valence-electron chi connectivity index (χ4n) is 1.21. The van der Waals surface area contributed by atoms with Crippen LogP contribution in [-0.2, 0) is 4.79 Å². The predicted octanol–water partition coefficient (Wildman–Crippen LogP) is 3.43. The van der Waals surface area contributed by atoms with Crippen LogP contribution in [0.15, 0.2) is 29.2 Å². The van der Waals surface area contributed by atoms with Crippen LogP contribution >= 0.6 is 11.9 Å². The number of nitrogens with zero attached hydrogens (tertiary/aromatic N) is 1. The van der Waals surface area contributed by atoms with E-state index in [1.165, 1.54) is 10.5 Å². The van der Waals surface area contributed by atoms with E-state index in [2.05, 4.69) is 35.5 Å². The Kier molecular flexibility index (Phi) is 5.23. The van der Waals surface area contributed by atoms with Crippen LogP contribution < -0.4 is 0 Å². The third-order valence-electron chi connectivity index (χ3n) is 2.83. The van der Waals surface area contributed by atoms with Gasteiger partial charge in [0.15, 0.2) is 0 Å². The highest BCUT2D eigenvalue weighted by Gasteiger charge is 2.44. The van der Waals surface area contributed by atoms with Crippen LogP contribution in [0.25, 0.3) is 0 Å². The van der Waals surface area contributed by atoms with Gasteiger partial charge in [0.05, 0.1) is 5.41 Å². The van der Waals surface area contributed by atoms with Crippen LogP contribution in [0.3, 0.4) is 0 Å². The Hall–Kier alpha value is -1.00. The van der Waals surface area contributed by atoms with Crippen LogP contribution in [0.1, 0.15) is 25.3 Å². The van der Waals surface area contributed by atoms with Gasteiger partial charge in [0.2, 0.25) is 0 Å². The third kappa shape index (κ3) is 5.10. The summed E-state index contributed by atoms with van der Waals surface area (Å²) in [7, 11) is 4.09. The molecule has 1 N–H and O–H groups in total. The van der Waals surface area contributed by atoms with Crippen LogP contribution in [0.2, 0.25) is 0 Å². The molecule has 0 unspecified atom stereocenters. The zero-order valence-corrected chi connectivity index (χ0v) is 12.3. The zero-order valence-electron chi connectivity index (χ0n) is 11.4. The summed E-state index contributed by atoms with van der Waals surface area (Å²) in [4.78, 5) is 11.4. The van der Waals surface area contributed by atoms with Gasteiger partial charge in [-0.05, 0) is 64.9 Å². The Bertz CT molecular complexity index is 397. The quantitative estimate of drug-likeness (QED) is 0.852. The van der Waals surface area contributed by atoms with Gasteiger partial charge in [-0.3, -0.25) is 9.10 Å². The molecule has 4 heteroatoms. The zero-order chi connectivity index (χ0) is 13.8. The van der Waals surface area contributed by atoms with Crippen molar-refractivity contribution in [2.24, 2.45) is 5.41 Å². The molecular formula is C14H21NO2S. The summed E-state index contributed by atoms with van der Waals surface area (Å²) in [5.41, 5.74) is 0.980. The number of hydrogen-bond acceptors (Lipinski definition) is 3. The summed E-state index contributed by atoms with van der Waals surface area (Å²) in [6.45, 7) is 3.87. The van der Waals surface area contributed by atoms with Crippen molar-refractivity contribution in [3.05, 3.63) is 29.8 Å². The van der Waals surface area contributed by atoms with E-state index in [-0.39, 0.29) is 5.41 Å². The Morgan fingerprint density at radius 1 is 1.28 bits per heavy atom. The van der Waals surface area contributed by atoms with Gasteiger partial charge in [-0.2, -0.15) is 0 Å². The average molecular weight is 267 g/mol. The third-order valence-corrected chi connectivity index (χ3v) is 3.67. The first-order valence-electron chi connectivity index (χ1n) is 5.99. The van der Waals surface area contributed by atoms with E-state index in [1.54, 1.807) is 18.9 Å². The van der Waals surface area contributed by atoms with Crippen molar-refractivity contribution >= 4 is 17.9 Å². The summed E-state index contributed by atoms with van der Waals surface area (Å²) < 4.78 is 2.09. The number of carboxylic acids is 1. The normalized spacial score (nSPS) is 15.8. The van der Waals surface area contributed by atoms with E-state index < -0.39 is 5.97 Å². The SMILES string of the molecule is CC1(C(=O)O)CC1.Cc1ccc(SN(C)C)cc1. The highest BCUT2D eigenvalue weighted by molar-refractivity contribution is 7.97. The van der Waals surface area contributed by atoms with Gasteiger partial charge >= 0.3 is 5.97 Å². The second-order valence-electron chi connectivity index (χ2n) is 5.08. The maximum Gasteiger partial charge on any atom is 0.309 e. The summed E-state index contributed by atoms with van der Waals surface area (Å²) in [6, 6.07) is 8.54. The van der Waals surface area contributed by atoms with Gasteiger partial charge in [0, 0.05) is 4.90 Å². The largest absolute Gasteiger partial charge is 0.481 e. The molecule has 0 aromatic heterocycles. The maximum absolute atomic E-state index is 10.1. The number of aliphatic carboxylic acids is 1. The second kappa shape index (κ2) is 6.25. The minimum Gasteiger partial charge on any atom is -0.481 e. The smallest absolute Gasteiger partial charge is 0.309 e. The molecule has 0 atom stereocenters. The van der Waals surface area contributed by atoms with Crippen LogP contribution in [0, 0.1) is 12.3 Å². The lowest BCUT2D eigenvalue weighted by molar-refractivity contribution is -0.142. The first-order valence-corrected chi connectivity index (χ1v) is 6.76. The first kappa shape index (κ1) is 15.1. The predicted molar refractivity (Wildman–Crippen MR) is 75.7 cm³/mol. The van der Waals surface area contributed by atoms with Crippen molar-refractivity contribution in [2.75, 3.05) is 14.1 Å². The van der Waals surface area contributed by atoms with Crippen molar-refractivity contribution in [3.8, 4) is 0 Å². The minimum absolute atomic E-state index is 0.333. The number of hydrogen-bond donors (Lipinski definition) is 1. The van der Waals surface area contributed by atoms with Gasteiger partial charge in [0.25, 0.3) is 0 Å². The number of rotatable bonds is 3. The molecule has 1 aromatic rings. The lowest BCUT2D eigenvalue weighted by Crippen LogP contribution is -2.08. The van der Waals surface area contributed by atoms with Gasteiger partial charge in [0.1, 0.15) is 0 Å². The summed E-state index contributed by atoms with van der Waals surface area (Å²) in [6.07, 6.45) is 1.73. The molecule has 0 aliphatic heterocycles. The minimum atomic E-state index is -0.646. The Labute approximate surface area is 113 Å². The summed E-state index contributed by atoms with van der Waals surface area (Å²) in [5, 5.41) is 8.31.